The Hall–Kier alpha value is -1.36. The number of hydrogen-bond donors (Lipinski definition) is 1. The standard InChI is InChI=1S/C15H24N4S/c1-11-9-12(2)19(17-11)8-6-7-18-13(15(3,4)5)10-16-14(18)20/h9-10H,6-8H2,1-5H3,(H,16,20). The van der Waals surface area contributed by atoms with E-state index in [-0.39, 0.29) is 5.41 Å². The molecule has 0 unspecified atom stereocenters. The third-order valence-electron chi connectivity index (χ3n) is 3.49. The lowest BCUT2D eigenvalue weighted by Gasteiger charge is -2.20. The fourth-order valence-electron chi connectivity index (χ4n) is 2.52. The Kier molecular flexibility index (Phi) is 4.18. The maximum absolute atomic E-state index is 5.39. The number of nitrogens with zero attached hydrogens (tertiary/aromatic N) is 3. The van der Waals surface area contributed by atoms with Gasteiger partial charge in [0.15, 0.2) is 4.77 Å². The van der Waals surface area contributed by atoms with Gasteiger partial charge in [-0.2, -0.15) is 5.10 Å². The summed E-state index contributed by atoms with van der Waals surface area (Å²) >= 11 is 5.39. The maximum Gasteiger partial charge on any atom is 0.177 e. The minimum atomic E-state index is 0.103. The lowest BCUT2D eigenvalue weighted by Crippen LogP contribution is -2.18. The molecule has 0 saturated carbocycles. The van der Waals surface area contributed by atoms with E-state index in [9.17, 15) is 0 Å². The molecule has 0 amide bonds. The summed E-state index contributed by atoms with van der Waals surface area (Å²) in [4.78, 5) is 3.16. The van der Waals surface area contributed by atoms with Gasteiger partial charge in [-0.15, -0.1) is 0 Å². The third-order valence-corrected chi connectivity index (χ3v) is 3.83. The summed E-state index contributed by atoms with van der Waals surface area (Å²) in [6, 6.07) is 2.11. The zero-order chi connectivity index (χ0) is 14.9. The summed E-state index contributed by atoms with van der Waals surface area (Å²) < 4.78 is 5.09. The van der Waals surface area contributed by atoms with Gasteiger partial charge in [-0.25, -0.2) is 0 Å². The third kappa shape index (κ3) is 3.20. The van der Waals surface area contributed by atoms with Gasteiger partial charge in [-0.05, 0) is 38.6 Å². The quantitative estimate of drug-likeness (QED) is 0.872. The lowest BCUT2D eigenvalue weighted by molar-refractivity contribution is 0.471. The molecule has 0 aliphatic carbocycles. The van der Waals surface area contributed by atoms with Crippen molar-refractivity contribution in [3.8, 4) is 0 Å². The van der Waals surface area contributed by atoms with E-state index < -0.39 is 0 Å². The van der Waals surface area contributed by atoms with Gasteiger partial charge >= 0.3 is 0 Å². The molecule has 110 valence electrons. The van der Waals surface area contributed by atoms with Crippen LogP contribution in [-0.2, 0) is 18.5 Å². The first-order valence-electron chi connectivity index (χ1n) is 7.09. The van der Waals surface area contributed by atoms with Crippen LogP contribution < -0.4 is 0 Å². The predicted molar refractivity (Wildman–Crippen MR) is 84.6 cm³/mol. The van der Waals surface area contributed by atoms with Crippen molar-refractivity contribution in [2.45, 2.75) is 59.5 Å². The number of nitrogens with one attached hydrogen (secondary N) is 1. The summed E-state index contributed by atoms with van der Waals surface area (Å²) in [5.41, 5.74) is 3.66. The molecule has 2 aromatic rings. The van der Waals surface area contributed by atoms with Gasteiger partial charge in [-0.1, -0.05) is 20.8 Å². The highest BCUT2D eigenvalue weighted by Crippen LogP contribution is 2.22. The Labute approximate surface area is 125 Å². The summed E-state index contributed by atoms with van der Waals surface area (Å²) in [5, 5.41) is 4.50. The lowest BCUT2D eigenvalue weighted by atomic mass is 9.92. The van der Waals surface area contributed by atoms with Gasteiger partial charge in [0.2, 0.25) is 0 Å². The van der Waals surface area contributed by atoms with Crippen LogP contribution in [0, 0.1) is 18.6 Å². The molecular formula is C15H24N4S. The molecule has 20 heavy (non-hydrogen) atoms. The number of imidazole rings is 1. The molecule has 0 aliphatic heterocycles. The highest BCUT2D eigenvalue weighted by atomic mass is 32.1. The van der Waals surface area contributed by atoms with Crippen LogP contribution in [0.4, 0.5) is 0 Å². The van der Waals surface area contributed by atoms with Crippen molar-refractivity contribution in [3.05, 3.63) is 34.1 Å². The first-order valence-corrected chi connectivity index (χ1v) is 7.49. The second-order valence-electron chi connectivity index (χ2n) is 6.38. The minimum absolute atomic E-state index is 0.103. The second-order valence-corrected chi connectivity index (χ2v) is 6.77. The van der Waals surface area contributed by atoms with Crippen LogP contribution in [0.5, 0.6) is 0 Å². The molecule has 0 fully saturated rings. The topological polar surface area (TPSA) is 38.5 Å². The van der Waals surface area contributed by atoms with Crippen LogP contribution in [0.2, 0.25) is 0 Å². The van der Waals surface area contributed by atoms with Crippen LogP contribution >= 0.6 is 12.2 Å². The van der Waals surface area contributed by atoms with Crippen molar-refractivity contribution in [2.75, 3.05) is 0 Å². The largest absolute Gasteiger partial charge is 0.337 e. The average Bonchev–Trinajstić information content (AvgIpc) is 2.83. The van der Waals surface area contributed by atoms with E-state index in [1.54, 1.807) is 0 Å². The molecule has 0 saturated heterocycles. The van der Waals surface area contributed by atoms with Gasteiger partial charge in [0.1, 0.15) is 0 Å². The van der Waals surface area contributed by atoms with E-state index in [4.69, 9.17) is 12.2 Å². The Morgan fingerprint density at radius 3 is 2.50 bits per heavy atom. The van der Waals surface area contributed by atoms with Crippen LogP contribution in [0.15, 0.2) is 12.3 Å². The van der Waals surface area contributed by atoms with Crippen molar-refractivity contribution < 1.29 is 0 Å². The second kappa shape index (κ2) is 5.56. The zero-order valence-electron chi connectivity index (χ0n) is 13.0. The van der Waals surface area contributed by atoms with E-state index in [0.29, 0.717) is 0 Å². The minimum Gasteiger partial charge on any atom is -0.337 e. The van der Waals surface area contributed by atoms with Crippen LogP contribution in [0.1, 0.15) is 44.3 Å². The predicted octanol–water partition coefficient (Wildman–Crippen LogP) is 3.75. The molecule has 0 aromatic carbocycles. The van der Waals surface area contributed by atoms with Gasteiger partial charge in [0, 0.05) is 36.1 Å². The number of aryl methyl sites for hydroxylation is 3. The van der Waals surface area contributed by atoms with Crippen molar-refractivity contribution in [3.63, 3.8) is 0 Å². The Morgan fingerprint density at radius 2 is 1.95 bits per heavy atom. The molecule has 0 spiro atoms. The van der Waals surface area contributed by atoms with Gasteiger partial charge in [-0.3, -0.25) is 4.68 Å². The van der Waals surface area contributed by atoms with Crippen molar-refractivity contribution in [1.29, 1.82) is 0 Å². The number of rotatable bonds is 4. The molecule has 2 aromatic heterocycles. The summed E-state index contributed by atoms with van der Waals surface area (Å²) in [5.74, 6) is 0. The number of hydrogen-bond acceptors (Lipinski definition) is 2. The van der Waals surface area contributed by atoms with Gasteiger partial charge < -0.3 is 9.55 Å². The maximum atomic E-state index is 5.39. The number of H-pyrrole nitrogens is 1. The molecule has 2 rings (SSSR count). The molecular weight excluding hydrogens is 268 g/mol. The Morgan fingerprint density at radius 1 is 1.25 bits per heavy atom. The fraction of sp³-hybridized carbons (Fsp3) is 0.600. The highest BCUT2D eigenvalue weighted by Gasteiger charge is 2.18. The smallest absolute Gasteiger partial charge is 0.177 e. The van der Waals surface area contributed by atoms with Crippen LogP contribution in [-0.4, -0.2) is 19.3 Å². The van der Waals surface area contributed by atoms with Gasteiger partial charge in [0.25, 0.3) is 0 Å². The van der Waals surface area contributed by atoms with E-state index >= 15 is 0 Å². The van der Waals surface area contributed by atoms with E-state index in [1.165, 1.54) is 11.4 Å². The summed E-state index contributed by atoms with van der Waals surface area (Å²) in [6.07, 6.45) is 3.06. The van der Waals surface area contributed by atoms with Crippen molar-refractivity contribution in [2.24, 2.45) is 0 Å². The van der Waals surface area contributed by atoms with Crippen LogP contribution in [0.3, 0.4) is 0 Å². The molecule has 4 nitrogen and oxygen atoms in total. The molecule has 2 heterocycles. The zero-order valence-corrected chi connectivity index (χ0v) is 13.8. The number of aromatic amines is 1. The first-order chi connectivity index (χ1) is 9.29. The molecule has 1 N–H and O–H groups in total. The molecule has 0 atom stereocenters. The SMILES string of the molecule is Cc1cc(C)n(CCCn2c(C(C)(C)C)c[nH]c2=S)n1. The van der Waals surface area contributed by atoms with Crippen molar-refractivity contribution in [1.82, 2.24) is 19.3 Å². The summed E-state index contributed by atoms with van der Waals surface area (Å²) in [6.45, 7) is 12.6. The molecule has 5 heteroatoms. The fourth-order valence-corrected chi connectivity index (χ4v) is 2.77. The normalized spacial score (nSPS) is 12.1. The Balaban J connectivity index is 2.07. The monoisotopic (exact) mass is 292 g/mol. The molecule has 0 radical (unpaired) electrons. The van der Waals surface area contributed by atoms with Crippen LogP contribution in [0.25, 0.3) is 0 Å². The molecule has 0 bridgehead atoms. The molecule has 0 aliphatic rings. The number of aromatic nitrogens is 4. The Bertz CT molecular complexity index is 640. The van der Waals surface area contributed by atoms with E-state index in [2.05, 4.69) is 53.1 Å². The van der Waals surface area contributed by atoms with Crippen molar-refractivity contribution >= 4 is 12.2 Å². The average molecular weight is 292 g/mol. The van der Waals surface area contributed by atoms with E-state index in [0.717, 1.165) is 30.0 Å². The first kappa shape index (κ1) is 15.0. The van der Waals surface area contributed by atoms with E-state index in [1.807, 2.05) is 13.1 Å². The highest BCUT2D eigenvalue weighted by molar-refractivity contribution is 7.71. The summed E-state index contributed by atoms with van der Waals surface area (Å²) in [7, 11) is 0. The van der Waals surface area contributed by atoms with Gasteiger partial charge in [0.05, 0.1) is 5.69 Å².